The number of benzene rings is 3. The number of methoxy groups -OCH3 is 1. The zero-order valence-electron chi connectivity index (χ0n) is 32.9. The Kier molecular flexibility index (Phi) is 16.6. The molecule has 3 aromatic rings. The number of hydrogen-bond donors (Lipinski definition) is 1. The highest BCUT2D eigenvalue weighted by Crippen LogP contribution is 2.36. The van der Waals surface area contributed by atoms with Gasteiger partial charge in [0, 0.05) is 32.2 Å². The van der Waals surface area contributed by atoms with Crippen molar-refractivity contribution in [3.8, 4) is 5.75 Å². The maximum atomic E-state index is 13.1. The van der Waals surface area contributed by atoms with Crippen LogP contribution in [0, 0.1) is 0 Å². The number of aliphatic hydroxyl groups is 1. The number of ether oxygens (including phenoxy) is 10. The van der Waals surface area contributed by atoms with Crippen molar-refractivity contribution in [3.63, 3.8) is 0 Å². The van der Waals surface area contributed by atoms with Gasteiger partial charge in [0.2, 0.25) is 6.29 Å². The average Bonchev–Trinajstić information content (AvgIpc) is 3.22. The second kappa shape index (κ2) is 22.0. The Morgan fingerprint density at radius 3 is 1.90 bits per heavy atom. The molecule has 0 bridgehead atoms. The number of carbonyl (C=O) groups excluding carboxylic acids is 4. The Morgan fingerprint density at radius 2 is 1.31 bits per heavy atom. The van der Waals surface area contributed by atoms with Gasteiger partial charge in [-0.3, -0.25) is 14.4 Å². The largest absolute Gasteiger partial charge is 0.467 e. The van der Waals surface area contributed by atoms with Crippen molar-refractivity contribution in [1.29, 1.82) is 0 Å². The summed E-state index contributed by atoms with van der Waals surface area (Å²) in [5.41, 5.74) is 11.1. The Morgan fingerprint density at radius 1 is 0.712 bits per heavy atom. The molecule has 2 aliphatic heterocycles. The van der Waals surface area contributed by atoms with E-state index in [9.17, 15) is 24.3 Å². The zero-order valence-corrected chi connectivity index (χ0v) is 32.9. The van der Waals surface area contributed by atoms with Crippen molar-refractivity contribution in [2.24, 2.45) is 5.11 Å². The predicted octanol–water partition coefficient (Wildman–Crippen LogP) is 3.88. The van der Waals surface area contributed by atoms with E-state index in [1.54, 1.807) is 24.3 Å². The Balaban J connectivity index is 1.57. The summed E-state index contributed by atoms with van der Waals surface area (Å²) < 4.78 is 59.7. The molecule has 0 spiro atoms. The lowest BCUT2D eigenvalue weighted by Crippen LogP contribution is -2.67. The van der Waals surface area contributed by atoms with Gasteiger partial charge in [0.15, 0.2) is 36.8 Å². The zero-order chi connectivity index (χ0) is 42.3. The number of carbonyl (C=O) groups is 4. The monoisotopic (exact) mass is 821 g/mol. The van der Waals surface area contributed by atoms with Crippen molar-refractivity contribution >= 4 is 23.9 Å². The number of nitrogens with zero attached hydrogens (tertiary/aromatic N) is 3. The molecule has 10 atom stereocenters. The third-order valence-corrected chi connectivity index (χ3v) is 9.16. The van der Waals surface area contributed by atoms with E-state index in [1.807, 2.05) is 60.7 Å². The van der Waals surface area contributed by atoms with Crippen LogP contribution >= 0.6 is 0 Å². The molecular formula is C41H47N3O15. The van der Waals surface area contributed by atoms with Crippen molar-refractivity contribution in [2.75, 3.05) is 20.3 Å². The Labute approximate surface area is 340 Å². The fourth-order valence-electron chi connectivity index (χ4n) is 6.54. The predicted molar refractivity (Wildman–Crippen MR) is 203 cm³/mol. The molecular weight excluding hydrogens is 774 g/mol. The normalized spacial score (nSPS) is 26.4. The van der Waals surface area contributed by atoms with E-state index in [4.69, 9.17) is 52.9 Å². The van der Waals surface area contributed by atoms with Crippen LogP contribution in [-0.2, 0) is 81.4 Å². The van der Waals surface area contributed by atoms with Crippen molar-refractivity contribution in [3.05, 3.63) is 112 Å². The molecule has 0 aliphatic carbocycles. The van der Waals surface area contributed by atoms with Gasteiger partial charge in [-0.2, -0.15) is 0 Å². The molecule has 18 nitrogen and oxygen atoms in total. The first kappa shape index (κ1) is 44.5. The standard InChI is InChI=1S/C41H47N3O15/c1-24(45)53-33-31(23-51-21-28-11-7-5-8-12-28)57-41(56-30-17-15-27(16-18-30)19-20-43-44-42)38(52-22-29-13-9-6-10-14-29)36(33)58-40-35(55-26(3)47)32(48)34(54-25(2)46)37(59-40)39(49)50-4/h5-18,31-38,40-41,48H,19-23H2,1-4H3/t31?,32?,33-,34-,35?,36?,37?,38?,40+,41+/m0/s1. The molecule has 1 N–H and O–H groups in total. The SMILES string of the molecule is COC(=O)C1O[C@@H](OC2C(OCc3ccccc3)[C@H](Oc3ccc(CCN=[N+]=[N-])cc3)OC(COCc3ccccc3)[C@@H]2OC(C)=O)C(OC(C)=O)C(O)[C@@H]1OC(C)=O. The van der Waals surface area contributed by atoms with E-state index in [0.29, 0.717) is 12.2 Å². The number of hydrogen-bond acceptors (Lipinski definition) is 16. The second-order valence-electron chi connectivity index (χ2n) is 13.5. The molecule has 0 saturated carbocycles. The molecule has 2 heterocycles. The molecule has 316 valence electrons. The molecule has 0 amide bonds. The first-order valence-corrected chi connectivity index (χ1v) is 18.7. The van der Waals surface area contributed by atoms with Crippen LogP contribution in [0.3, 0.4) is 0 Å². The van der Waals surface area contributed by atoms with Crippen LogP contribution in [0.1, 0.15) is 37.5 Å². The van der Waals surface area contributed by atoms with Gasteiger partial charge in [-0.1, -0.05) is 77.9 Å². The van der Waals surface area contributed by atoms with Gasteiger partial charge in [0.1, 0.15) is 24.1 Å². The van der Waals surface area contributed by atoms with Gasteiger partial charge in [-0.25, -0.2) is 4.79 Å². The number of rotatable bonds is 18. The van der Waals surface area contributed by atoms with Crippen LogP contribution in [0.2, 0.25) is 0 Å². The summed E-state index contributed by atoms with van der Waals surface area (Å²) in [6.45, 7) is 3.52. The first-order valence-electron chi connectivity index (χ1n) is 18.7. The van der Waals surface area contributed by atoms with E-state index < -0.39 is 85.3 Å². The number of esters is 4. The third kappa shape index (κ3) is 12.7. The molecule has 0 radical (unpaired) electrons. The molecule has 3 aromatic carbocycles. The van der Waals surface area contributed by atoms with Crippen molar-refractivity contribution in [2.45, 2.75) is 102 Å². The minimum atomic E-state index is -1.88. The fraction of sp³-hybridized carbons (Fsp3) is 0.463. The van der Waals surface area contributed by atoms with Crippen molar-refractivity contribution < 1.29 is 71.7 Å². The molecule has 5 rings (SSSR count). The molecule has 2 fully saturated rings. The minimum Gasteiger partial charge on any atom is -0.467 e. The maximum Gasteiger partial charge on any atom is 0.339 e. The highest BCUT2D eigenvalue weighted by Gasteiger charge is 2.57. The molecule has 6 unspecified atom stereocenters. The number of aliphatic hydroxyl groups excluding tert-OH is 1. The summed E-state index contributed by atoms with van der Waals surface area (Å²) in [5, 5.41) is 15.1. The minimum absolute atomic E-state index is 0.0320. The van der Waals surface area contributed by atoms with Crippen LogP contribution in [0.25, 0.3) is 10.4 Å². The third-order valence-electron chi connectivity index (χ3n) is 9.16. The van der Waals surface area contributed by atoms with Gasteiger partial charge in [0.25, 0.3) is 0 Å². The maximum absolute atomic E-state index is 13.1. The molecule has 2 saturated heterocycles. The second-order valence-corrected chi connectivity index (χ2v) is 13.5. The average molecular weight is 822 g/mol. The molecule has 0 aromatic heterocycles. The van der Waals surface area contributed by atoms with E-state index >= 15 is 0 Å². The van der Waals surface area contributed by atoms with E-state index in [0.717, 1.165) is 37.6 Å². The van der Waals surface area contributed by atoms with E-state index in [2.05, 4.69) is 10.0 Å². The highest BCUT2D eigenvalue weighted by molar-refractivity contribution is 5.77. The first-order chi connectivity index (χ1) is 28.5. The molecule has 18 heteroatoms. The van der Waals surface area contributed by atoms with Gasteiger partial charge in [0.05, 0.1) is 26.9 Å². The van der Waals surface area contributed by atoms with Gasteiger partial charge >= 0.3 is 23.9 Å². The van der Waals surface area contributed by atoms with Crippen LogP contribution in [0.5, 0.6) is 5.75 Å². The summed E-state index contributed by atoms with van der Waals surface area (Å²) in [5.74, 6) is -3.19. The summed E-state index contributed by atoms with van der Waals surface area (Å²) in [6, 6.07) is 25.4. The highest BCUT2D eigenvalue weighted by atomic mass is 16.8. The smallest absolute Gasteiger partial charge is 0.339 e. The topological polar surface area (TPSA) is 230 Å². The Bertz CT molecular complexity index is 1880. The summed E-state index contributed by atoms with van der Waals surface area (Å²) in [7, 11) is 1.06. The summed E-state index contributed by atoms with van der Waals surface area (Å²) in [6.07, 6.45) is -14.8. The quantitative estimate of drug-likeness (QED) is 0.0631. The van der Waals surface area contributed by atoms with E-state index in [1.165, 1.54) is 6.92 Å². The lowest BCUT2D eigenvalue weighted by molar-refractivity contribution is -0.355. The summed E-state index contributed by atoms with van der Waals surface area (Å²) in [4.78, 5) is 53.2. The van der Waals surface area contributed by atoms with Gasteiger partial charge in [-0.15, -0.1) is 0 Å². The van der Waals surface area contributed by atoms with Crippen LogP contribution in [0.15, 0.2) is 90.0 Å². The lowest BCUT2D eigenvalue weighted by Gasteiger charge is -2.48. The van der Waals surface area contributed by atoms with Crippen LogP contribution in [0.4, 0.5) is 0 Å². The fourth-order valence-corrected chi connectivity index (χ4v) is 6.54. The molecule has 2 aliphatic rings. The van der Waals surface area contributed by atoms with Gasteiger partial charge in [-0.05, 0) is 40.8 Å². The summed E-state index contributed by atoms with van der Waals surface area (Å²) >= 11 is 0. The van der Waals surface area contributed by atoms with Crippen LogP contribution in [-0.4, -0.2) is 111 Å². The van der Waals surface area contributed by atoms with Crippen molar-refractivity contribution in [1.82, 2.24) is 0 Å². The Hall–Kier alpha value is -5.59. The van der Waals surface area contributed by atoms with E-state index in [-0.39, 0.29) is 26.4 Å². The lowest BCUT2D eigenvalue weighted by atomic mass is 9.96. The van der Waals surface area contributed by atoms with Crippen LogP contribution < -0.4 is 4.74 Å². The number of azide groups is 1. The van der Waals surface area contributed by atoms with Gasteiger partial charge < -0.3 is 52.5 Å². The molecule has 59 heavy (non-hydrogen) atoms.